The van der Waals surface area contributed by atoms with Gasteiger partial charge in [0.05, 0.1) is 29.2 Å². The second kappa shape index (κ2) is 9.47. The van der Waals surface area contributed by atoms with Gasteiger partial charge in [-0.15, -0.1) is 0 Å². The van der Waals surface area contributed by atoms with E-state index in [0.29, 0.717) is 41.9 Å². The molecule has 35 heavy (non-hydrogen) atoms. The molecule has 0 spiro atoms. The number of ether oxygens (including phenoxy) is 1. The Hall–Kier alpha value is -3.76. The van der Waals surface area contributed by atoms with Crippen LogP contribution in [0.15, 0.2) is 71.1 Å². The van der Waals surface area contributed by atoms with Crippen molar-refractivity contribution >= 4 is 22.3 Å². The number of ketones is 1. The zero-order chi connectivity index (χ0) is 24.5. The number of nitrogens with zero attached hydrogens (tertiary/aromatic N) is 2. The van der Waals surface area contributed by atoms with Crippen molar-refractivity contribution in [2.45, 2.75) is 12.8 Å². The van der Waals surface area contributed by atoms with Gasteiger partial charge in [0.25, 0.3) is 0 Å². The first-order valence-electron chi connectivity index (χ1n) is 11.7. The Balaban J connectivity index is 1.40. The van der Waals surface area contributed by atoms with Crippen LogP contribution in [0.1, 0.15) is 28.9 Å². The normalized spacial score (nSPS) is 18.1. The molecule has 2 heterocycles. The molecule has 3 aliphatic rings. The number of Topliss-reactive ketones (excluding diaryl/α,β-unsaturated/α-hetero) is 1. The average Bonchev–Trinajstić information content (AvgIpc) is 3.12. The van der Waals surface area contributed by atoms with Crippen molar-refractivity contribution in [1.82, 2.24) is 9.47 Å². The van der Waals surface area contributed by atoms with E-state index >= 15 is 0 Å². The number of aliphatic hydroxyl groups is 1. The number of aryl methyl sites for hydroxylation is 1. The van der Waals surface area contributed by atoms with Crippen molar-refractivity contribution in [2.75, 3.05) is 32.9 Å². The summed E-state index contributed by atoms with van der Waals surface area (Å²) in [7, 11) is 1.84. The van der Waals surface area contributed by atoms with Crippen molar-refractivity contribution in [2.24, 2.45) is 13.0 Å². The van der Waals surface area contributed by atoms with Gasteiger partial charge in [0, 0.05) is 61.6 Å². The largest absolute Gasteiger partial charge is 0.508 e. The topological polar surface area (TPSA) is 74.9 Å². The number of aromatic hydroxyl groups is 1. The molecule has 0 atom stereocenters. The third kappa shape index (κ3) is 4.50. The highest BCUT2D eigenvalue weighted by molar-refractivity contribution is 6.19. The Labute approximate surface area is 202 Å². The number of fused-ring (bicyclic) bond motifs is 1. The molecular formula is C28H27FN2O4. The van der Waals surface area contributed by atoms with E-state index in [0.717, 1.165) is 36.3 Å². The number of halogens is 1. The molecule has 0 bridgehead atoms. The van der Waals surface area contributed by atoms with Gasteiger partial charge in [-0.05, 0) is 42.5 Å². The highest BCUT2D eigenvalue weighted by Crippen LogP contribution is 2.36. The number of aromatic nitrogens is 1. The molecule has 0 saturated carbocycles. The molecule has 2 aliphatic carbocycles. The third-order valence-corrected chi connectivity index (χ3v) is 6.75. The quantitative estimate of drug-likeness (QED) is 0.427. The van der Waals surface area contributed by atoms with Crippen molar-refractivity contribution in [1.29, 1.82) is 0 Å². The minimum atomic E-state index is -0.257. The van der Waals surface area contributed by atoms with E-state index < -0.39 is 0 Å². The lowest BCUT2D eigenvalue weighted by molar-refractivity contribution is 0.0538. The summed E-state index contributed by atoms with van der Waals surface area (Å²) in [6, 6.07) is 4.96. The summed E-state index contributed by atoms with van der Waals surface area (Å²) in [4.78, 5) is 15.9. The summed E-state index contributed by atoms with van der Waals surface area (Å²) in [5.74, 6) is 1.01. The summed E-state index contributed by atoms with van der Waals surface area (Å²) in [6.45, 7) is 2.65. The van der Waals surface area contributed by atoms with Gasteiger partial charge in [0.15, 0.2) is 11.5 Å². The molecule has 0 amide bonds. The van der Waals surface area contributed by atoms with Crippen LogP contribution < -0.4 is 0 Å². The van der Waals surface area contributed by atoms with Gasteiger partial charge < -0.3 is 19.5 Å². The van der Waals surface area contributed by atoms with Gasteiger partial charge in [0.2, 0.25) is 0 Å². The van der Waals surface area contributed by atoms with Crippen LogP contribution in [0.4, 0.5) is 4.39 Å². The van der Waals surface area contributed by atoms with E-state index in [1.165, 1.54) is 6.08 Å². The fraction of sp³-hybridized carbons (Fsp3) is 0.321. The van der Waals surface area contributed by atoms with Crippen LogP contribution in [-0.4, -0.2) is 58.4 Å². The van der Waals surface area contributed by atoms with Crippen LogP contribution in [0.2, 0.25) is 0 Å². The molecule has 2 N–H and O–H groups in total. The Kier molecular flexibility index (Phi) is 6.23. The SMILES string of the molecule is Cn1c(C2=C=C=C(O)C=C2)c(C(=O)C2=CC=C(OCCN3CC(CF)C3)CC2)c2ccc(O)cc21. The number of carbonyl (C=O) groups excluding carboxylic acids is 1. The third-order valence-electron chi connectivity index (χ3n) is 6.75. The number of benzene rings is 1. The summed E-state index contributed by atoms with van der Waals surface area (Å²) >= 11 is 0. The van der Waals surface area contributed by atoms with Crippen LogP contribution in [0.5, 0.6) is 5.75 Å². The molecule has 1 saturated heterocycles. The maximum atomic E-state index is 13.8. The van der Waals surface area contributed by atoms with E-state index in [-0.39, 0.29) is 29.9 Å². The monoisotopic (exact) mass is 474 g/mol. The van der Waals surface area contributed by atoms with E-state index in [1.807, 2.05) is 23.8 Å². The molecule has 180 valence electrons. The van der Waals surface area contributed by atoms with E-state index in [9.17, 15) is 19.4 Å². The maximum absolute atomic E-state index is 13.8. The molecule has 1 fully saturated rings. The molecule has 0 radical (unpaired) electrons. The number of phenols is 1. The Bertz CT molecular complexity index is 1390. The van der Waals surface area contributed by atoms with Crippen molar-refractivity contribution in [3.05, 3.63) is 82.3 Å². The van der Waals surface area contributed by atoms with Crippen molar-refractivity contribution in [3.8, 4) is 5.75 Å². The number of aliphatic hydroxyl groups excluding tert-OH is 1. The van der Waals surface area contributed by atoms with Gasteiger partial charge in [-0.2, -0.15) is 0 Å². The lowest BCUT2D eigenvalue weighted by Crippen LogP contribution is -2.48. The Morgan fingerprint density at radius 1 is 1.17 bits per heavy atom. The highest BCUT2D eigenvalue weighted by atomic mass is 19.1. The molecule has 5 rings (SSSR count). The molecule has 2 aromatic rings. The molecule has 7 heteroatoms. The van der Waals surface area contributed by atoms with Gasteiger partial charge in [-0.3, -0.25) is 14.1 Å². The van der Waals surface area contributed by atoms with Crippen LogP contribution >= 0.6 is 0 Å². The number of likely N-dealkylation sites (tertiary alicyclic amines) is 1. The minimum Gasteiger partial charge on any atom is -0.508 e. The van der Waals surface area contributed by atoms with E-state index in [4.69, 9.17) is 4.74 Å². The zero-order valence-electron chi connectivity index (χ0n) is 19.6. The first-order chi connectivity index (χ1) is 16.9. The predicted molar refractivity (Wildman–Crippen MR) is 132 cm³/mol. The lowest BCUT2D eigenvalue weighted by atomic mass is 9.92. The molecule has 6 nitrogen and oxygen atoms in total. The number of hydrogen-bond acceptors (Lipinski definition) is 5. The summed E-state index contributed by atoms with van der Waals surface area (Å²) in [5, 5.41) is 20.4. The smallest absolute Gasteiger partial charge is 0.191 e. The second-order valence-electron chi connectivity index (χ2n) is 9.15. The molecule has 0 unspecified atom stereocenters. The van der Waals surface area contributed by atoms with Gasteiger partial charge in [-0.1, -0.05) is 11.8 Å². The molecule has 1 aliphatic heterocycles. The van der Waals surface area contributed by atoms with Crippen LogP contribution in [0.3, 0.4) is 0 Å². The highest BCUT2D eigenvalue weighted by Gasteiger charge is 2.28. The lowest BCUT2D eigenvalue weighted by Gasteiger charge is -2.37. The summed E-state index contributed by atoms with van der Waals surface area (Å²) in [6.07, 6.45) is 8.07. The van der Waals surface area contributed by atoms with Crippen molar-refractivity contribution in [3.63, 3.8) is 0 Å². The van der Waals surface area contributed by atoms with Gasteiger partial charge in [-0.25, -0.2) is 0 Å². The molecular weight excluding hydrogens is 447 g/mol. The van der Waals surface area contributed by atoms with Crippen LogP contribution in [0, 0.1) is 5.92 Å². The molecule has 1 aromatic heterocycles. The van der Waals surface area contributed by atoms with Gasteiger partial charge in [0.1, 0.15) is 12.4 Å². The maximum Gasteiger partial charge on any atom is 0.191 e. The summed E-state index contributed by atoms with van der Waals surface area (Å²) < 4.78 is 20.3. The van der Waals surface area contributed by atoms with E-state index in [2.05, 4.69) is 16.4 Å². The predicted octanol–water partition coefficient (Wildman–Crippen LogP) is 4.74. The number of hydrogen-bond donors (Lipinski definition) is 2. The average molecular weight is 475 g/mol. The zero-order valence-corrected chi connectivity index (χ0v) is 19.6. The van der Waals surface area contributed by atoms with Gasteiger partial charge >= 0.3 is 0 Å². The van der Waals surface area contributed by atoms with Crippen LogP contribution in [0.25, 0.3) is 16.5 Å². The number of allylic oxidation sites excluding steroid dienone is 7. The number of carbonyl (C=O) groups is 1. The standard InChI is InChI=1S/C28H27FN2O4/c1-30-25-14-22(33)8-11-24(25)26(27(30)19-2-6-21(32)7-3-19)28(34)20-4-9-23(10-5-20)35-13-12-31-16-18(15-29)17-31/h2,4,6,8-9,11,14,18,32-33H,5,10,12-13,15-17H2,1H3. The number of rotatable bonds is 8. The molecule has 1 aromatic carbocycles. The summed E-state index contributed by atoms with van der Waals surface area (Å²) in [5.41, 5.74) is 8.81. The Morgan fingerprint density at radius 2 is 2.00 bits per heavy atom. The minimum absolute atomic E-state index is 0.0259. The van der Waals surface area contributed by atoms with Crippen LogP contribution in [-0.2, 0) is 11.8 Å². The fourth-order valence-corrected chi connectivity index (χ4v) is 4.84. The van der Waals surface area contributed by atoms with E-state index in [1.54, 1.807) is 24.3 Å². The fourth-order valence-electron chi connectivity index (χ4n) is 4.84. The first kappa shape index (κ1) is 23.0. The number of phenolic OH excluding ortho intramolecular Hbond substituents is 1. The number of alkyl halides is 1. The second-order valence-corrected chi connectivity index (χ2v) is 9.15. The van der Waals surface area contributed by atoms with Crippen molar-refractivity contribution < 1.29 is 24.1 Å². The first-order valence-corrected chi connectivity index (χ1v) is 11.7. The Morgan fingerprint density at radius 3 is 2.69 bits per heavy atom.